The zero-order chi connectivity index (χ0) is 14.9. The molecule has 2 bridgehead atoms. The molecule has 0 saturated carbocycles. The van der Waals surface area contributed by atoms with Gasteiger partial charge in [0.1, 0.15) is 11.7 Å². The third-order valence-electron chi connectivity index (χ3n) is 5.22. The van der Waals surface area contributed by atoms with Crippen molar-refractivity contribution in [3.63, 3.8) is 0 Å². The number of hydrogen-bond donors (Lipinski definition) is 2. The second-order valence-electron chi connectivity index (χ2n) is 6.89. The first kappa shape index (κ1) is 14.2. The monoisotopic (exact) mass is 282 g/mol. The SMILES string of the molecule is CC1CC(=O)C2=C1C(O)C1(C(C)C)OOC2(C)CC1O. The highest BCUT2D eigenvalue weighted by Crippen LogP contribution is 2.53. The van der Waals surface area contributed by atoms with Gasteiger partial charge < -0.3 is 10.2 Å². The number of Topliss-reactive ketones (excluding diaryl/α,β-unsaturated/α-hetero) is 1. The van der Waals surface area contributed by atoms with Crippen molar-refractivity contribution in [1.29, 1.82) is 0 Å². The van der Waals surface area contributed by atoms with Gasteiger partial charge >= 0.3 is 0 Å². The molecule has 0 radical (unpaired) electrons. The Morgan fingerprint density at radius 1 is 1.30 bits per heavy atom. The highest BCUT2D eigenvalue weighted by molar-refractivity contribution is 6.01. The molecule has 0 amide bonds. The summed E-state index contributed by atoms with van der Waals surface area (Å²) < 4.78 is 0. The summed E-state index contributed by atoms with van der Waals surface area (Å²) in [6.45, 7) is 7.44. The van der Waals surface area contributed by atoms with E-state index in [0.717, 1.165) is 0 Å². The Balaban J connectivity index is 2.23. The average molecular weight is 282 g/mol. The lowest BCUT2D eigenvalue weighted by molar-refractivity contribution is -0.461. The average Bonchev–Trinajstić information content (AvgIpc) is 2.54. The van der Waals surface area contributed by atoms with Gasteiger partial charge in [-0.15, -0.1) is 0 Å². The molecular formula is C15H22O5. The number of aliphatic hydroxyl groups is 2. The summed E-state index contributed by atoms with van der Waals surface area (Å²) in [5.74, 6) is -0.196. The fraction of sp³-hybridized carbons (Fsp3) is 0.800. The molecule has 5 nitrogen and oxygen atoms in total. The predicted molar refractivity (Wildman–Crippen MR) is 70.6 cm³/mol. The maximum atomic E-state index is 12.3. The lowest BCUT2D eigenvalue weighted by Crippen LogP contribution is -2.62. The number of carbonyl (C=O) groups is 1. The molecule has 0 aromatic carbocycles. The van der Waals surface area contributed by atoms with E-state index in [2.05, 4.69) is 0 Å². The van der Waals surface area contributed by atoms with Crippen molar-refractivity contribution in [2.24, 2.45) is 11.8 Å². The van der Waals surface area contributed by atoms with Crippen LogP contribution in [0.25, 0.3) is 0 Å². The summed E-state index contributed by atoms with van der Waals surface area (Å²) in [5.41, 5.74) is -0.959. The van der Waals surface area contributed by atoms with E-state index in [4.69, 9.17) is 9.78 Å². The maximum Gasteiger partial charge on any atom is 0.162 e. The van der Waals surface area contributed by atoms with E-state index < -0.39 is 23.4 Å². The topological polar surface area (TPSA) is 76.0 Å². The minimum Gasteiger partial charge on any atom is -0.390 e. The van der Waals surface area contributed by atoms with Gasteiger partial charge in [-0.25, -0.2) is 9.78 Å². The summed E-state index contributed by atoms with van der Waals surface area (Å²) in [4.78, 5) is 23.4. The predicted octanol–water partition coefficient (Wildman–Crippen LogP) is 1.13. The zero-order valence-electron chi connectivity index (χ0n) is 12.3. The minimum atomic E-state index is -1.20. The molecule has 112 valence electrons. The normalized spacial score (nSPS) is 48.0. The summed E-state index contributed by atoms with van der Waals surface area (Å²) in [6, 6.07) is 0. The first-order valence-corrected chi connectivity index (χ1v) is 7.24. The second kappa shape index (κ2) is 4.13. The van der Waals surface area contributed by atoms with Crippen molar-refractivity contribution in [3.8, 4) is 0 Å². The Kier molecular flexibility index (Phi) is 2.93. The van der Waals surface area contributed by atoms with Gasteiger partial charge in [0.2, 0.25) is 0 Å². The van der Waals surface area contributed by atoms with E-state index in [9.17, 15) is 15.0 Å². The Hall–Kier alpha value is -0.750. The quantitative estimate of drug-likeness (QED) is 0.705. The number of carbonyl (C=O) groups excluding carboxylic acids is 1. The van der Waals surface area contributed by atoms with Gasteiger partial charge in [-0.1, -0.05) is 20.8 Å². The van der Waals surface area contributed by atoms with Crippen LogP contribution in [0.15, 0.2) is 11.1 Å². The summed E-state index contributed by atoms with van der Waals surface area (Å²) >= 11 is 0. The number of rotatable bonds is 1. The molecule has 0 aromatic rings. The van der Waals surface area contributed by atoms with Gasteiger partial charge in [-0.2, -0.15) is 0 Å². The molecule has 2 heterocycles. The van der Waals surface area contributed by atoms with E-state index in [1.165, 1.54) is 0 Å². The van der Waals surface area contributed by atoms with E-state index in [1.807, 2.05) is 20.8 Å². The molecular weight excluding hydrogens is 260 g/mol. The molecule has 1 fully saturated rings. The summed E-state index contributed by atoms with van der Waals surface area (Å²) in [7, 11) is 0. The van der Waals surface area contributed by atoms with Crippen LogP contribution in [0.5, 0.6) is 0 Å². The van der Waals surface area contributed by atoms with Crippen LogP contribution >= 0.6 is 0 Å². The molecule has 0 aromatic heterocycles. The Bertz CT molecular complexity index is 496. The lowest BCUT2D eigenvalue weighted by Gasteiger charge is -2.48. The molecule has 0 spiro atoms. The Labute approximate surface area is 118 Å². The smallest absolute Gasteiger partial charge is 0.162 e. The molecule has 2 aliphatic heterocycles. The van der Waals surface area contributed by atoms with Crippen molar-refractivity contribution >= 4 is 5.78 Å². The van der Waals surface area contributed by atoms with E-state index >= 15 is 0 Å². The van der Waals surface area contributed by atoms with Gasteiger partial charge in [-0.3, -0.25) is 4.79 Å². The van der Waals surface area contributed by atoms with Gasteiger partial charge in [0.15, 0.2) is 11.4 Å². The van der Waals surface area contributed by atoms with Crippen LogP contribution in [-0.4, -0.2) is 39.4 Å². The molecule has 20 heavy (non-hydrogen) atoms. The van der Waals surface area contributed by atoms with Gasteiger partial charge in [-0.05, 0) is 24.3 Å². The van der Waals surface area contributed by atoms with Crippen molar-refractivity contribution in [3.05, 3.63) is 11.1 Å². The van der Waals surface area contributed by atoms with E-state index in [-0.39, 0.29) is 24.0 Å². The van der Waals surface area contributed by atoms with Crippen LogP contribution in [0.4, 0.5) is 0 Å². The van der Waals surface area contributed by atoms with Crippen LogP contribution in [0.2, 0.25) is 0 Å². The molecule has 1 saturated heterocycles. The molecule has 5 heteroatoms. The molecule has 5 atom stereocenters. The molecule has 4 rings (SSSR count). The largest absolute Gasteiger partial charge is 0.390 e. The van der Waals surface area contributed by atoms with Gasteiger partial charge in [0.25, 0.3) is 0 Å². The fourth-order valence-corrected chi connectivity index (χ4v) is 4.10. The lowest BCUT2D eigenvalue weighted by atomic mass is 9.75. The van der Waals surface area contributed by atoms with Crippen LogP contribution < -0.4 is 0 Å². The highest BCUT2D eigenvalue weighted by Gasteiger charge is 2.64. The summed E-state index contributed by atoms with van der Waals surface area (Å²) in [5, 5.41) is 21.4. The number of hydrogen-bond acceptors (Lipinski definition) is 5. The van der Waals surface area contributed by atoms with Crippen LogP contribution in [-0.2, 0) is 14.6 Å². The number of ketones is 1. The number of aliphatic hydroxyl groups excluding tert-OH is 2. The van der Waals surface area contributed by atoms with Gasteiger partial charge in [0, 0.05) is 18.4 Å². The number of fused-ring (bicyclic) bond motifs is 2. The van der Waals surface area contributed by atoms with Crippen molar-refractivity contribution in [2.45, 2.75) is 63.9 Å². The van der Waals surface area contributed by atoms with Crippen molar-refractivity contribution in [2.75, 3.05) is 0 Å². The van der Waals surface area contributed by atoms with Crippen LogP contribution in [0.1, 0.15) is 40.5 Å². The first-order valence-electron chi connectivity index (χ1n) is 7.24. The third-order valence-corrected chi connectivity index (χ3v) is 5.22. The Morgan fingerprint density at radius 3 is 2.50 bits per heavy atom. The third kappa shape index (κ3) is 1.49. The van der Waals surface area contributed by atoms with E-state index in [0.29, 0.717) is 17.6 Å². The molecule has 4 aliphatic rings. The summed E-state index contributed by atoms with van der Waals surface area (Å²) in [6.07, 6.45) is -1.23. The van der Waals surface area contributed by atoms with Crippen LogP contribution in [0, 0.1) is 11.8 Å². The fourth-order valence-electron chi connectivity index (χ4n) is 4.10. The minimum absolute atomic E-state index is 0.00805. The maximum absolute atomic E-state index is 12.3. The van der Waals surface area contributed by atoms with Crippen LogP contribution in [0.3, 0.4) is 0 Å². The van der Waals surface area contributed by atoms with E-state index in [1.54, 1.807) is 6.92 Å². The van der Waals surface area contributed by atoms with Gasteiger partial charge in [0.05, 0.1) is 6.10 Å². The molecule has 5 unspecified atom stereocenters. The molecule has 2 N–H and O–H groups in total. The first-order chi connectivity index (χ1) is 9.24. The van der Waals surface area contributed by atoms with Crippen molar-refractivity contribution in [1.82, 2.24) is 0 Å². The zero-order valence-corrected chi connectivity index (χ0v) is 12.3. The standard InChI is InChI=1S/C15H22O5/c1-7(2)15-10(17)6-14(4,19-20-15)12-9(16)5-8(3)11(12)13(15)18/h7-8,10,13,17-18H,5-6H2,1-4H3. The second-order valence-corrected chi connectivity index (χ2v) is 6.89. The highest BCUT2D eigenvalue weighted by atomic mass is 17.2. The Morgan fingerprint density at radius 2 is 1.95 bits per heavy atom. The van der Waals surface area contributed by atoms with Crippen molar-refractivity contribution < 1.29 is 24.8 Å². The molecule has 2 aliphatic carbocycles.